The maximum atomic E-state index is 11.6. The van der Waals surface area contributed by atoms with Crippen molar-refractivity contribution in [3.8, 4) is 0 Å². The molecule has 2 aromatic rings. The third-order valence-electron chi connectivity index (χ3n) is 3.16. The van der Waals surface area contributed by atoms with Gasteiger partial charge in [0.25, 0.3) is 5.91 Å². The Bertz CT molecular complexity index is 658. The number of hydrogen-bond donors (Lipinski definition) is 2. The number of nitrogens with one attached hydrogen (secondary N) is 2. The second kappa shape index (κ2) is 6.83. The van der Waals surface area contributed by atoms with Crippen molar-refractivity contribution in [3.05, 3.63) is 63.6 Å². The first-order valence-electron chi connectivity index (χ1n) is 6.55. The monoisotopic (exact) mass is 322 g/mol. The average molecular weight is 323 g/mol. The minimum Gasteiger partial charge on any atom is -0.378 e. The molecule has 3 nitrogen and oxygen atoms in total. The van der Waals surface area contributed by atoms with Crippen molar-refractivity contribution < 1.29 is 4.79 Å². The molecule has 0 saturated carbocycles. The molecule has 0 bridgehead atoms. The first kappa shape index (κ1) is 15.7. The van der Waals surface area contributed by atoms with Crippen molar-refractivity contribution in [1.29, 1.82) is 0 Å². The predicted molar refractivity (Wildman–Crippen MR) is 88.3 cm³/mol. The van der Waals surface area contributed by atoms with E-state index in [0.717, 1.165) is 11.3 Å². The normalized spacial score (nSPS) is 11.8. The first-order chi connectivity index (χ1) is 10.0. The fourth-order valence-corrected chi connectivity index (χ4v) is 2.65. The second-order valence-corrected chi connectivity index (χ2v) is 5.54. The summed E-state index contributed by atoms with van der Waals surface area (Å²) in [6.45, 7) is 2.00. The van der Waals surface area contributed by atoms with E-state index in [1.54, 1.807) is 25.2 Å². The number of benzene rings is 2. The van der Waals surface area contributed by atoms with E-state index in [2.05, 4.69) is 10.6 Å². The van der Waals surface area contributed by atoms with Crippen molar-refractivity contribution in [2.24, 2.45) is 0 Å². The maximum absolute atomic E-state index is 11.6. The van der Waals surface area contributed by atoms with Crippen LogP contribution in [-0.4, -0.2) is 13.0 Å². The summed E-state index contributed by atoms with van der Waals surface area (Å²) in [7, 11) is 1.61. The van der Waals surface area contributed by atoms with Crippen LogP contribution < -0.4 is 10.6 Å². The van der Waals surface area contributed by atoms with Gasteiger partial charge in [-0.2, -0.15) is 0 Å². The van der Waals surface area contributed by atoms with E-state index in [-0.39, 0.29) is 11.9 Å². The van der Waals surface area contributed by atoms with Gasteiger partial charge in [0.1, 0.15) is 0 Å². The van der Waals surface area contributed by atoms with Gasteiger partial charge < -0.3 is 10.6 Å². The van der Waals surface area contributed by atoms with Crippen LogP contribution in [0.3, 0.4) is 0 Å². The molecule has 21 heavy (non-hydrogen) atoms. The molecule has 1 amide bonds. The molecule has 0 spiro atoms. The Balaban J connectivity index is 2.19. The van der Waals surface area contributed by atoms with Crippen LogP contribution in [0.25, 0.3) is 0 Å². The highest BCUT2D eigenvalue weighted by atomic mass is 35.5. The van der Waals surface area contributed by atoms with Gasteiger partial charge in [0, 0.05) is 34.4 Å². The van der Waals surface area contributed by atoms with Gasteiger partial charge in [-0.15, -0.1) is 0 Å². The standard InChI is InChI=1S/C16H16Cl2N2O/c1-10(14-7-6-12(17)9-15(14)18)20-13-5-3-4-11(8-13)16(21)19-2/h3-10,20H,1-2H3,(H,19,21). The smallest absolute Gasteiger partial charge is 0.251 e. The van der Waals surface area contributed by atoms with Gasteiger partial charge in [0.2, 0.25) is 0 Å². The number of amides is 1. The third kappa shape index (κ3) is 3.90. The Morgan fingerprint density at radius 2 is 1.90 bits per heavy atom. The molecule has 0 aliphatic rings. The maximum Gasteiger partial charge on any atom is 0.251 e. The number of hydrogen-bond acceptors (Lipinski definition) is 2. The third-order valence-corrected chi connectivity index (χ3v) is 3.73. The van der Waals surface area contributed by atoms with E-state index in [1.165, 1.54) is 0 Å². The van der Waals surface area contributed by atoms with Crippen LogP contribution in [0.2, 0.25) is 10.0 Å². The average Bonchev–Trinajstić information content (AvgIpc) is 2.46. The number of carbonyl (C=O) groups is 1. The summed E-state index contributed by atoms with van der Waals surface area (Å²) in [5.41, 5.74) is 2.41. The summed E-state index contributed by atoms with van der Waals surface area (Å²) in [6, 6.07) is 12.7. The van der Waals surface area contributed by atoms with Crippen LogP contribution in [0.15, 0.2) is 42.5 Å². The quantitative estimate of drug-likeness (QED) is 0.868. The molecule has 1 atom stereocenters. The Kier molecular flexibility index (Phi) is 5.10. The minimum absolute atomic E-state index is 0.00490. The SMILES string of the molecule is CNC(=O)c1cccc(NC(C)c2ccc(Cl)cc2Cl)c1. The van der Waals surface area contributed by atoms with Gasteiger partial charge in [-0.3, -0.25) is 4.79 Å². The highest BCUT2D eigenvalue weighted by Gasteiger charge is 2.11. The molecule has 0 fully saturated rings. The largest absolute Gasteiger partial charge is 0.378 e. The van der Waals surface area contributed by atoms with Crippen LogP contribution >= 0.6 is 23.2 Å². The zero-order chi connectivity index (χ0) is 15.4. The zero-order valence-electron chi connectivity index (χ0n) is 11.8. The molecule has 5 heteroatoms. The van der Waals surface area contributed by atoms with Crippen LogP contribution in [-0.2, 0) is 0 Å². The Morgan fingerprint density at radius 1 is 1.14 bits per heavy atom. The van der Waals surface area contributed by atoms with Gasteiger partial charge in [0.05, 0.1) is 0 Å². The fraction of sp³-hybridized carbons (Fsp3) is 0.188. The molecule has 0 heterocycles. The van der Waals surface area contributed by atoms with Gasteiger partial charge in [-0.1, -0.05) is 35.3 Å². The van der Waals surface area contributed by atoms with Gasteiger partial charge in [-0.05, 0) is 42.8 Å². The topological polar surface area (TPSA) is 41.1 Å². The summed E-state index contributed by atoms with van der Waals surface area (Å²) in [4.78, 5) is 11.6. The summed E-state index contributed by atoms with van der Waals surface area (Å²) >= 11 is 12.1. The fourth-order valence-electron chi connectivity index (χ4n) is 2.07. The lowest BCUT2D eigenvalue weighted by molar-refractivity contribution is 0.0963. The van der Waals surface area contributed by atoms with Crippen molar-refractivity contribution in [2.45, 2.75) is 13.0 Å². The van der Waals surface area contributed by atoms with Crippen LogP contribution in [0.5, 0.6) is 0 Å². The van der Waals surface area contributed by atoms with Gasteiger partial charge in [0.15, 0.2) is 0 Å². The van der Waals surface area contributed by atoms with Gasteiger partial charge in [-0.25, -0.2) is 0 Å². The molecule has 0 aromatic heterocycles. The lowest BCUT2D eigenvalue weighted by Gasteiger charge is -2.17. The molecule has 2 N–H and O–H groups in total. The molecule has 1 unspecified atom stereocenters. The van der Waals surface area contributed by atoms with Gasteiger partial charge >= 0.3 is 0 Å². The number of anilines is 1. The summed E-state index contributed by atoms with van der Waals surface area (Å²) in [5, 5.41) is 7.16. The van der Waals surface area contributed by atoms with E-state index in [4.69, 9.17) is 23.2 Å². The van der Waals surface area contributed by atoms with Crippen molar-refractivity contribution in [3.63, 3.8) is 0 Å². The van der Waals surface area contributed by atoms with Crippen LogP contribution in [0, 0.1) is 0 Å². The molecule has 0 saturated heterocycles. The van der Waals surface area contributed by atoms with E-state index in [1.807, 2.05) is 31.2 Å². The lowest BCUT2D eigenvalue weighted by Crippen LogP contribution is -2.18. The predicted octanol–water partition coefficient (Wildman–Crippen LogP) is 4.53. The van der Waals surface area contributed by atoms with Crippen molar-refractivity contribution in [2.75, 3.05) is 12.4 Å². The van der Waals surface area contributed by atoms with Crippen LogP contribution in [0.4, 0.5) is 5.69 Å². The Hall–Kier alpha value is -1.71. The first-order valence-corrected chi connectivity index (χ1v) is 7.30. The summed E-state index contributed by atoms with van der Waals surface area (Å²) in [6.07, 6.45) is 0. The highest BCUT2D eigenvalue weighted by molar-refractivity contribution is 6.35. The highest BCUT2D eigenvalue weighted by Crippen LogP contribution is 2.28. The second-order valence-electron chi connectivity index (χ2n) is 4.69. The number of halogens is 2. The molecule has 0 aliphatic carbocycles. The number of rotatable bonds is 4. The Labute approximate surface area is 134 Å². The van der Waals surface area contributed by atoms with E-state index in [9.17, 15) is 4.79 Å². The van der Waals surface area contributed by atoms with Crippen LogP contribution in [0.1, 0.15) is 28.9 Å². The molecule has 2 rings (SSSR count). The molecule has 0 aliphatic heterocycles. The van der Waals surface area contributed by atoms with E-state index >= 15 is 0 Å². The molecule has 110 valence electrons. The summed E-state index contributed by atoms with van der Waals surface area (Å²) in [5.74, 6) is -0.115. The molecule has 2 aromatic carbocycles. The number of carbonyl (C=O) groups excluding carboxylic acids is 1. The van der Waals surface area contributed by atoms with Crippen molar-refractivity contribution >= 4 is 34.8 Å². The van der Waals surface area contributed by atoms with Crippen molar-refractivity contribution in [1.82, 2.24) is 5.32 Å². The zero-order valence-corrected chi connectivity index (χ0v) is 13.3. The molecule has 0 radical (unpaired) electrons. The summed E-state index contributed by atoms with van der Waals surface area (Å²) < 4.78 is 0. The minimum atomic E-state index is -0.115. The lowest BCUT2D eigenvalue weighted by atomic mass is 10.1. The molecular weight excluding hydrogens is 307 g/mol. The van der Waals surface area contributed by atoms with E-state index < -0.39 is 0 Å². The Morgan fingerprint density at radius 3 is 2.57 bits per heavy atom. The van der Waals surface area contributed by atoms with E-state index in [0.29, 0.717) is 15.6 Å². The molecular formula is C16H16Cl2N2O.